The predicted octanol–water partition coefficient (Wildman–Crippen LogP) is 2.17. The van der Waals surface area contributed by atoms with E-state index in [0.29, 0.717) is 0 Å². The fourth-order valence-electron chi connectivity index (χ4n) is 2.70. The minimum atomic E-state index is -0.490. The number of rotatable bonds is 5. The van der Waals surface area contributed by atoms with Gasteiger partial charge in [-0.15, -0.1) is 0 Å². The van der Waals surface area contributed by atoms with Gasteiger partial charge in [0.1, 0.15) is 17.2 Å². The summed E-state index contributed by atoms with van der Waals surface area (Å²) in [5.74, 6) is -0.232. The van der Waals surface area contributed by atoms with E-state index < -0.39 is 5.91 Å². The highest BCUT2D eigenvalue weighted by Gasteiger charge is 2.23. The molecule has 152 valence electrons. The maximum Gasteiger partial charge on any atom is 0.274 e. The first kappa shape index (κ1) is 19.2. The van der Waals surface area contributed by atoms with Crippen LogP contribution in [0, 0.1) is 6.92 Å². The average Bonchev–Trinajstić information content (AvgIpc) is 2.68. The molecule has 0 unspecified atom stereocenters. The van der Waals surface area contributed by atoms with E-state index in [1.807, 2.05) is 0 Å². The maximum absolute atomic E-state index is 12.5. The van der Waals surface area contributed by atoms with E-state index in [1.165, 1.54) is 43.0 Å². The van der Waals surface area contributed by atoms with Gasteiger partial charge in [0.2, 0.25) is 5.88 Å². The first-order chi connectivity index (χ1) is 14.5. The first-order valence-corrected chi connectivity index (χ1v) is 9.21. The number of phenolic OH excluding ortho intramolecular Hbond substituents is 1. The number of benzene rings is 1. The summed E-state index contributed by atoms with van der Waals surface area (Å²) in [4.78, 5) is 42.6. The number of anilines is 1. The number of phenols is 1. The molecule has 3 aromatic rings. The van der Waals surface area contributed by atoms with Gasteiger partial charge in [0.05, 0.1) is 30.5 Å². The van der Waals surface area contributed by atoms with Gasteiger partial charge in [0.15, 0.2) is 5.82 Å². The number of nitrogens with zero attached hydrogens (tertiary/aromatic N) is 5. The van der Waals surface area contributed by atoms with Gasteiger partial charge in [-0.25, -0.2) is 15.0 Å². The Morgan fingerprint density at radius 2 is 1.87 bits per heavy atom. The lowest BCUT2D eigenvalue weighted by Gasteiger charge is -2.30. The average molecular weight is 406 g/mol. The van der Waals surface area contributed by atoms with Crippen LogP contribution in [0.25, 0.3) is 0 Å². The number of carbonyl (C=O) groups excluding carboxylic acids is 2. The highest BCUT2D eigenvalue weighted by atomic mass is 16.5. The summed E-state index contributed by atoms with van der Waals surface area (Å²) in [6.45, 7) is 3.23. The number of nitrogens with one attached hydrogen (secondary N) is 1. The van der Waals surface area contributed by atoms with Crippen molar-refractivity contribution in [3.05, 3.63) is 59.9 Å². The lowest BCUT2D eigenvalue weighted by atomic mass is 10.2. The molecule has 2 aromatic heterocycles. The highest BCUT2D eigenvalue weighted by Crippen LogP contribution is 2.26. The van der Waals surface area contributed by atoms with Crippen molar-refractivity contribution < 1.29 is 19.4 Å². The van der Waals surface area contributed by atoms with Gasteiger partial charge in [-0.2, -0.15) is 0 Å². The Morgan fingerprint density at radius 3 is 2.50 bits per heavy atom. The molecule has 2 amide bonds. The number of amides is 2. The molecule has 1 fully saturated rings. The molecule has 4 rings (SSSR count). The number of hydrogen-bond acceptors (Lipinski definition) is 8. The lowest BCUT2D eigenvalue weighted by Crippen LogP contribution is -2.42. The molecule has 0 saturated carbocycles. The monoisotopic (exact) mass is 406 g/mol. The predicted molar refractivity (Wildman–Crippen MR) is 105 cm³/mol. The highest BCUT2D eigenvalue weighted by molar-refractivity contribution is 6.04. The SMILES string of the molecule is Cc1cnc(NC(=O)c2cc(O)cc(Oc3cnc(C(=O)N4CCC4)cn3)c2)cn1. The molecule has 1 aliphatic rings. The molecule has 3 heterocycles. The van der Waals surface area contributed by atoms with Crippen molar-refractivity contribution in [2.45, 2.75) is 13.3 Å². The van der Waals surface area contributed by atoms with Crippen molar-refractivity contribution in [1.29, 1.82) is 0 Å². The molecule has 10 nitrogen and oxygen atoms in total. The van der Waals surface area contributed by atoms with Crippen molar-refractivity contribution in [3.63, 3.8) is 0 Å². The van der Waals surface area contributed by atoms with E-state index in [1.54, 1.807) is 11.8 Å². The molecule has 10 heteroatoms. The second-order valence-corrected chi connectivity index (χ2v) is 6.70. The summed E-state index contributed by atoms with van der Waals surface area (Å²) >= 11 is 0. The summed E-state index contributed by atoms with van der Waals surface area (Å²) in [6, 6.07) is 4.07. The van der Waals surface area contributed by atoms with Gasteiger partial charge >= 0.3 is 0 Å². The van der Waals surface area contributed by atoms with Gasteiger partial charge in [0.25, 0.3) is 11.8 Å². The first-order valence-electron chi connectivity index (χ1n) is 9.21. The standard InChI is InChI=1S/C20H18N6O4/c1-12-8-23-17(10-21-12)25-19(28)13-5-14(27)7-15(6-13)30-18-11-22-16(9-24-18)20(29)26-3-2-4-26/h5-11,27H,2-4H2,1H3,(H,23,25,28). The van der Waals surface area contributed by atoms with Crippen molar-refractivity contribution in [2.24, 2.45) is 0 Å². The van der Waals surface area contributed by atoms with Gasteiger partial charge in [0, 0.05) is 24.7 Å². The van der Waals surface area contributed by atoms with E-state index in [4.69, 9.17) is 4.74 Å². The second kappa shape index (κ2) is 8.11. The van der Waals surface area contributed by atoms with Crippen LogP contribution in [-0.2, 0) is 0 Å². The third-order valence-corrected chi connectivity index (χ3v) is 4.39. The summed E-state index contributed by atoms with van der Waals surface area (Å²) < 4.78 is 5.58. The summed E-state index contributed by atoms with van der Waals surface area (Å²) in [5, 5.41) is 12.6. The van der Waals surface area contributed by atoms with Crippen LogP contribution in [0.1, 0.15) is 33.0 Å². The van der Waals surface area contributed by atoms with Crippen LogP contribution in [0.15, 0.2) is 43.0 Å². The van der Waals surface area contributed by atoms with Crippen molar-refractivity contribution in [3.8, 4) is 17.4 Å². The molecule has 0 spiro atoms. The van der Waals surface area contributed by atoms with Gasteiger partial charge in [-0.1, -0.05) is 0 Å². The number of carbonyl (C=O) groups is 2. The smallest absolute Gasteiger partial charge is 0.274 e. The van der Waals surface area contributed by atoms with Crippen molar-refractivity contribution in [1.82, 2.24) is 24.8 Å². The van der Waals surface area contributed by atoms with Gasteiger partial charge in [-0.05, 0) is 25.5 Å². The van der Waals surface area contributed by atoms with Crippen LogP contribution in [0.4, 0.5) is 5.82 Å². The third-order valence-electron chi connectivity index (χ3n) is 4.39. The molecule has 2 N–H and O–H groups in total. The molecular formula is C20H18N6O4. The summed E-state index contributed by atoms with van der Waals surface area (Å²) in [7, 11) is 0. The molecule has 30 heavy (non-hydrogen) atoms. The van der Waals surface area contributed by atoms with Crippen LogP contribution >= 0.6 is 0 Å². The van der Waals surface area contributed by atoms with E-state index in [0.717, 1.165) is 25.2 Å². The third kappa shape index (κ3) is 4.32. The van der Waals surface area contributed by atoms with E-state index >= 15 is 0 Å². The number of aryl methyl sites for hydroxylation is 1. The number of aromatic nitrogens is 4. The molecular weight excluding hydrogens is 388 g/mol. The van der Waals surface area contributed by atoms with E-state index in [9.17, 15) is 14.7 Å². The fraction of sp³-hybridized carbons (Fsp3) is 0.200. The number of likely N-dealkylation sites (tertiary alicyclic amines) is 1. The van der Waals surface area contributed by atoms with Crippen molar-refractivity contribution in [2.75, 3.05) is 18.4 Å². The minimum absolute atomic E-state index is 0.122. The molecule has 1 saturated heterocycles. The molecule has 0 bridgehead atoms. The fourth-order valence-corrected chi connectivity index (χ4v) is 2.70. The maximum atomic E-state index is 12.5. The zero-order chi connectivity index (χ0) is 21.1. The molecule has 0 atom stereocenters. The Kier molecular flexibility index (Phi) is 5.21. The summed E-state index contributed by atoms with van der Waals surface area (Å²) in [6.07, 6.45) is 6.61. The Balaban J connectivity index is 1.46. The number of hydrogen-bond donors (Lipinski definition) is 2. The zero-order valence-corrected chi connectivity index (χ0v) is 16.1. The largest absolute Gasteiger partial charge is 0.508 e. The minimum Gasteiger partial charge on any atom is -0.508 e. The van der Waals surface area contributed by atoms with Gasteiger partial charge < -0.3 is 20.1 Å². The van der Waals surface area contributed by atoms with Crippen LogP contribution in [-0.4, -0.2) is 54.8 Å². The van der Waals surface area contributed by atoms with Crippen LogP contribution in [0.5, 0.6) is 17.4 Å². The topological polar surface area (TPSA) is 130 Å². The lowest BCUT2D eigenvalue weighted by molar-refractivity contribution is 0.0645. The molecule has 0 aliphatic carbocycles. The molecule has 0 radical (unpaired) electrons. The normalized spacial score (nSPS) is 12.8. The van der Waals surface area contributed by atoms with Crippen LogP contribution < -0.4 is 10.1 Å². The van der Waals surface area contributed by atoms with Crippen molar-refractivity contribution >= 4 is 17.6 Å². The summed E-state index contributed by atoms with van der Waals surface area (Å²) in [5.41, 5.74) is 1.11. The molecule has 1 aromatic carbocycles. The Morgan fingerprint density at radius 1 is 1.03 bits per heavy atom. The second-order valence-electron chi connectivity index (χ2n) is 6.70. The number of aromatic hydroxyl groups is 1. The quantitative estimate of drug-likeness (QED) is 0.659. The van der Waals surface area contributed by atoms with Gasteiger partial charge in [-0.3, -0.25) is 14.6 Å². The Bertz CT molecular complexity index is 1080. The Hall–Kier alpha value is -4.08. The Labute approximate surface area is 171 Å². The van der Waals surface area contributed by atoms with Crippen LogP contribution in [0.2, 0.25) is 0 Å². The molecule has 1 aliphatic heterocycles. The van der Waals surface area contributed by atoms with Crippen LogP contribution in [0.3, 0.4) is 0 Å². The zero-order valence-electron chi connectivity index (χ0n) is 16.1. The number of ether oxygens (including phenoxy) is 1. The van der Waals surface area contributed by atoms with E-state index in [2.05, 4.69) is 25.3 Å². The van der Waals surface area contributed by atoms with E-state index in [-0.39, 0.29) is 40.4 Å².